The Morgan fingerprint density at radius 2 is 2.16 bits per heavy atom. The maximum atomic E-state index is 11.8. The molecule has 8 nitrogen and oxygen atoms in total. The molecule has 4 heterocycles. The number of aromatic nitrogens is 1. The predicted octanol–water partition coefficient (Wildman–Crippen LogP) is 5.17. The number of fused-ring (bicyclic) bond motifs is 2. The number of nitrogens with zero attached hydrogens (tertiary/aromatic N) is 5. The summed E-state index contributed by atoms with van der Waals surface area (Å²) in [5, 5.41) is 14.6. The summed E-state index contributed by atoms with van der Waals surface area (Å²) in [5.41, 5.74) is 3.40. The fourth-order valence-corrected chi connectivity index (χ4v) is 4.88. The molecule has 0 aliphatic carbocycles. The van der Waals surface area contributed by atoms with Crippen LogP contribution in [0.1, 0.15) is 20.8 Å². The minimum absolute atomic E-state index is 0.207. The van der Waals surface area contributed by atoms with Gasteiger partial charge in [0.2, 0.25) is 0 Å². The Balaban J connectivity index is 1.48. The number of allylic oxidation sites excluding steroid dienone is 2. The second kappa shape index (κ2) is 8.25. The van der Waals surface area contributed by atoms with E-state index in [9.17, 15) is 4.79 Å². The van der Waals surface area contributed by atoms with E-state index in [2.05, 4.69) is 15.2 Å². The molecular weight excluding hydrogens is 450 g/mol. The maximum Gasteiger partial charge on any atom is 0.262 e. The molecule has 0 N–H and O–H groups in total. The largest absolute Gasteiger partial charge is 0.497 e. The molecule has 0 bridgehead atoms. The number of methoxy groups -OCH3 is 1. The van der Waals surface area contributed by atoms with Crippen molar-refractivity contribution in [1.82, 2.24) is 15.0 Å². The molecule has 10 heteroatoms. The standard InChI is InChI=1S/C22H18ClN5O3S/c1-13-16(10-32-21(13)22(23)29)18-5-6-20-26-25-11-27(20)28(18)12-31-19-7-8-24-17-9-14(30-2)3-4-15(17)19/h3-10H,11-12H2,1-2H3. The van der Waals surface area contributed by atoms with Gasteiger partial charge < -0.3 is 9.47 Å². The van der Waals surface area contributed by atoms with E-state index in [-0.39, 0.29) is 6.73 Å². The molecule has 5 rings (SSSR count). The number of hydrazine groups is 1. The second-order valence-electron chi connectivity index (χ2n) is 7.10. The van der Waals surface area contributed by atoms with Crippen molar-refractivity contribution in [2.24, 2.45) is 10.2 Å². The molecule has 0 radical (unpaired) electrons. The summed E-state index contributed by atoms with van der Waals surface area (Å²) in [6.45, 7) is 2.48. The number of halogens is 1. The van der Waals surface area contributed by atoms with E-state index in [0.717, 1.165) is 39.3 Å². The molecule has 2 aromatic heterocycles. The first kappa shape index (κ1) is 20.5. The van der Waals surface area contributed by atoms with Crippen molar-refractivity contribution >= 4 is 44.8 Å². The highest BCUT2D eigenvalue weighted by atomic mass is 35.5. The number of pyridine rings is 1. The molecule has 3 aromatic rings. The number of benzene rings is 1. The topological polar surface area (TPSA) is 79.6 Å². The van der Waals surface area contributed by atoms with Crippen LogP contribution in [0.4, 0.5) is 0 Å². The van der Waals surface area contributed by atoms with E-state index in [4.69, 9.17) is 21.1 Å². The Kier molecular flexibility index (Phi) is 5.28. The maximum absolute atomic E-state index is 11.8. The smallest absolute Gasteiger partial charge is 0.262 e. The lowest BCUT2D eigenvalue weighted by Crippen LogP contribution is -2.42. The van der Waals surface area contributed by atoms with E-state index in [1.807, 2.05) is 58.7 Å². The molecule has 0 unspecified atom stereocenters. The van der Waals surface area contributed by atoms with Crippen molar-refractivity contribution in [3.63, 3.8) is 0 Å². The first-order valence-electron chi connectivity index (χ1n) is 9.75. The van der Waals surface area contributed by atoms with Crippen LogP contribution in [0.15, 0.2) is 64.0 Å². The van der Waals surface area contributed by atoms with Gasteiger partial charge in [0.1, 0.15) is 11.5 Å². The molecule has 0 amide bonds. The van der Waals surface area contributed by atoms with Crippen LogP contribution in [0, 0.1) is 6.92 Å². The third-order valence-corrected chi connectivity index (χ3v) is 6.72. The monoisotopic (exact) mass is 467 g/mol. The molecule has 0 saturated carbocycles. The normalized spacial score (nSPS) is 15.0. The Bertz CT molecular complexity index is 1320. The van der Waals surface area contributed by atoms with E-state index in [1.54, 1.807) is 13.3 Å². The first-order valence-corrected chi connectivity index (χ1v) is 11.0. The zero-order valence-electron chi connectivity index (χ0n) is 17.3. The van der Waals surface area contributed by atoms with Crippen LogP contribution in [-0.4, -0.2) is 40.8 Å². The highest BCUT2D eigenvalue weighted by Gasteiger charge is 2.30. The second-order valence-corrected chi connectivity index (χ2v) is 8.32. The van der Waals surface area contributed by atoms with E-state index in [1.165, 1.54) is 11.3 Å². The SMILES string of the molecule is COc1ccc2c(OCN3C(c4csc(C(=O)Cl)c4C)=CC=C4N=NCN43)ccnc2c1. The van der Waals surface area contributed by atoms with Gasteiger partial charge in [0, 0.05) is 28.6 Å². The predicted molar refractivity (Wildman–Crippen MR) is 122 cm³/mol. The van der Waals surface area contributed by atoms with Gasteiger partial charge in [-0.1, -0.05) is 0 Å². The van der Waals surface area contributed by atoms with Crippen LogP contribution in [0.2, 0.25) is 0 Å². The van der Waals surface area contributed by atoms with Crippen molar-refractivity contribution in [2.45, 2.75) is 6.92 Å². The zero-order chi connectivity index (χ0) is 22.2. The summed E-state index contributed by atoms with van der Waals surface area (Å²) in [4.78, 5) is 16.7. The van der Waals surface area contributed by atoms with Crippen molar-refractivity contribution in [3.05, 3.63) is 69.8 Å². The molecule has 0 atom stereocenters. The highest BCUT2D eigenvalue weighted by Crippen LogP contribution is 2.36. The Morgan fingerprint density at radius 1 is 1.28 bits per heavy atom. The Morgan fingerprint density at radius 3 is 2.94 bits per heavy atom. The molecule has 2 aliphatic rings. The minimum atomic E-state index is -0.459. The third-order valence-electron chi connectivity index (χ3n) is 5.34. The lowest BCUT2D eigenvalue weighted by Gasteiger charge is -2.37. The van der Waals surface area contributed by atoms with E-state index < -0.39 is 5.24 Å². The van der Waals surface area contributed by atoms with Crippen molar-refractivity contribution < 1.29 is 14.3 Å². The number of hydrogen-bond acceptors (Lipinski definition) is 9. The van der Waals surface area contributed by atoms with Gasteiger partial charge in [-0.3, -0.25) is 9.78 Å². The molecule has 1 aromatic carbocycles. The van der Waals surface area contributed by atoms with Gasteiger partial charge >= 0.3 is 0 Å². The van der Waals surface area contributed by atoms with E-state index >= 15 is 0 Å². The number of carbonyl (C=O) groups excluding carboxylic acids is 1. The third kappa shape index (κ3) is 3.49. The van der Waals surface area contributed by atoms with Crippen LogP contribution in [-0.2, 0) is 0 Å². The number of thiophene rings is 1. The fraction of sp³-hybridized carbons (Fsp3) is 0.182. The molecule has 32 heavy (non-hydrogen) atoms. The van der Waals surface area contributed by atoms with Gasteiger partial charge in [-0.2, -0.15) is 5.11 Å². The molecule has 0 spiro atoms. The zero-order valence-corrected chi connectivity index (χ0v) is 18.9. The first-order chi connectivity index (χ1) is 15.6. The van der Waals surface area contributed by atoms with Gasteiger partial charge in [0.05, 0.1) is 23.2 Å². The average molecular weight is 468 g/mol. The summed E-state index contributed by atoms with van der Waals surface area (Å²) in [5.74, 6) is 2.15. The van der Waals surface area contributed by atoms with Crippen LogP contribution < -0.4 is 9.47 Å². The van der Waals surface area contributed by atoms with Crippen molar-refractivity contribution in [3.8, 4) is 11.5 Å². The molecule has 2 aliphatic heterocycles. The number of hydrogen-bond donors (Lipinski definition) is 0. The molecule has 0 saturated heterocycles. The van der Waals surface area contributed by atoms with E-state index in [0.29, 0.717) is 17.3 Å². The summed E-state index contributed by atoms with van der Waals surface area (Å²) >= 11 is 7.08. The number of rotatable bonds is 6. The Labute approximate surface area is 193 Å². The van der Waals surface area contributed by atoms with Gasteiger partial charge in [-0.25, -0.2) is 10.0 Å². The van der Waals surface area contributed by atoms with Crippen LogP contribution in [0.25, 0.3) is 16.6 Å². The molecule has 0 fully saturated rings. The van der Waals surface area contributed by atoms with Crippen LogP contribution in [0.5, 0.6) is 11.5 Å². The highest BCUT2D eigenvalue weighted by molar-refractivity contribution is 7.14. The van der Waals surface area contributed by atoms with Gasteiger partial charge in [0.25, 0.3) is 5.24 Å². The molecular formula is C22H18ClN5O3S. The summed E-state index contributed by atoms with van der Waals surface area (Å²) in [7, 11) is 1.62. The fourth-order valence-electron chi connectivity index (χ4n) is 3.69. The number of carbonyl (C=O) groups is 1. The molecule has 162 valence electrons. The summed E-state index contributed by atoms with van der Waals surface area (Å²) < 4.78 is 11.5. The quantitative estimate of drug-likeness (QED) is 0.465. The van der Waals surface area contributed by atoms with Crippen molar-refractivity contribution in [1.29, 1.82) is 0 Å². The lowest BCUT2D eigenvalue weighted by atomic mass is 10.1. The summed E-state index contributed by atoms with van der Waals surface area (Å²) in [6.07, 6.45) is 5.56. The Hall–Kier alpha value is -3.43. The minimum Gasteiger partial charge on any atom is -0.497 e. The van der Waals surface area contributed by atoms with Crippen LogP contribution >= 0.6 is 22.9 Å². The van der Waals surface area contributed by atoms with Crippen molar-refractivity contribution in [2.75, 3.05) is 20.5 Å². The lowest BCUT2D eigenvalue weighted by molar-refractivity contribution is 0.0164. The number of ether oxygens (including phenoxy) is 2. The number of azo groups is 1. The van der Waals surface area contributed by atoms with Gasteiger partial charge in [0.15, 0.2) is 19.2 Å². The summed E-state index contributed by atoms with van der Waals surface area (Å²) in [6, 6.07) is 7.50. The van der Waals surface area contributed by atoms with Crippen LogP contribution in [0.3, 0.4) is 0 Å². The average Bonchev–Trinajstić information content (AvgIpc) is 3.43. The van der Waals surface area contributed by atoms with Gasteiger partial charge in [-0.15, -0.1) is 16.5 Å². The van der Waals surface area contributed by atoms with Gasteiger partial charge in [-0.05, 0) is 54.4 Å².